The quantitative estimate of drug-likeness (QED) is 0.359. The van der Waals surface area contributed by atoms with Crippen LogP contribution in [0.4, 0.5) is 0 Å². The van der Waals surface area contributed by atoms with E-state index in [0.29, 0.717) is 11.8 Å². The molecule has 0 fully saturated rings. The Morgan fingerprint density at radius 1 is 1.33 bits per heavy atom. The molecule has 0 aromatic heterocycles. The number of hydrogen-bond donors (Lipinski definition) is 1. The summed E-state index contributed by atoms with van der Waals surface area (Å²) in [6, 6.07) is 6.13. The number of carboxylic acids is 1. The lowest BCUT2D eigenvalue weighted by atomic mass is 10.2. The number of carbonyl (C=O) groups is 3. The van der Waals surface area contributed by atoms with Crippen LogP contribution in [0.25, 0.3) is 0 Å². The Morgan fingerprint density at radius 3 is 2.67 bits per heavy atom. The van der Waals surface area contributed by atoms with Crippen LogP contribution in [0.2, 0.25) is 0 Å². The van der Waals surface area contributed by atoms with Gasteiger partial charge in [-0.1, -0.05) is 18.7 Å². The van der Waals surface area contributed by atoms with Gasteiger partial charge in [-0.05, 0) is 18.6 Å². The van der Waals surface area contributed by atoms with Gasteiger partial charge in [0, 0.05) is 11.1 Å². The summed E-state index contributed by atoms with van der Waals surface area (Å²) in [6.45, 7) is 3.31. The molecular weight excluding hydrogens is 236 g/mol. The van der Waals surface area contributed by atoms with Crippen molar-refractivity contribution in [2.75, 3.05) is 0 Å². The Morgan fingerprint density at radius 2 is 2.06 bits per heavy atom. The van der Waals surface area contributed by atoms with E-state index in [-0.39, 0.29) is 24.2 Å². The highest BCUT2D eigenvalue weighted by atomic mass is 16.5. The number of ether oxygens (including phenoxy) is 1. The van der Waals surface area contributed by atoms with Gasteiger partial charge in [0.1, 0.15) is 12.0 Å². The van der Waals surface area contributed by atoms with Crippen molar-refractivity contribution in [2.24, 2.45) is 0 Å². The maximum atomic E-state index is 11.4. The summed E-state index contributed by atoms with van der Waals surface area (Å²) in [5.74, 6) is -1.45. The zero-order chi connectivity index (χ0) is 13.5. The van der Waals surface area contributed by atoms with E-state index in [1.165, 1.54) is 12.1 Å². The first-order chi connectivity index (χ1) is 8.52. The average Bonchev–Trinajstić information content (AvgIpc) is 2.36. The summed E-state index contributed by atoms with van der Waals surface area (Å²) < 4.78 is 4.96. The Kier molecular flexibility index (Phi) is 4.80. The molecule has 0 spiro atoms. The normalized spacial score (nSPS) is 9.56. The van der Waals surface area contributed by atoms with E-state index >= 15 is 0 Å². The van der Waals surface area contributed by atoms with Crippen LogP contribution < -0.4 is 4.74 Å². The van der Waals surface area contributed by atoms with Crippen LogP contribution in [0.15, 0.2) is 36.4 Å². The van der Waals surface area contributed by atoms with Gasteiger partial charge in [-0.3, -0.25) is 9.59 Å². The summed E-state index contributed by atoms with van der Waals surface area (Å²) in [7, 11) is 0. The highest BCUT2D eigenvalue weighted by molar-refractivity contribution is 5.86. The Hall–Kier alpha value is -2.43. The second-order valence-corrected chi connectivity index (χ2v) is 3.57. The molecule has 0 aliphatic carbocycles. The van der Waals surface area contributed by atoms with Crippen molar-refractivity contribution in [1.82, 2.24) is 0 Å². The smallest absolute Gasteiger partial charge is 0.330 e. The van der Waals surface area contributed by atoms with Crippen LogP contribution in [0.1, 0.15) is 23.2 Å². The lowest BCUT2D eigenvalue weighted by Crippen LogP contribution is -2.10. The van der Waals surface area contributed by atoms with Gasteiger partial charge >= 0.3 is 11.9 Å². The van der Waals surface area contributed by atoms with Gasteiger partial charge in [-0.25, -0.2) is 4.79 Å². The summed E-state index contributed by atoms with van der Waals surface area (Å²) in [5, 5.41) is 8.56. The highest BCUT2D eigenvalue weighted by Crippen LogP contribution is 2.13. The molecule has 18 heavy (non-hydrogen) atoms. The van der Waals surface area contributed by atoms with Crippen molar-refractivity contribution in [2.45, 2.75) is 12.8 Å². The van der Waals surface area contributed by atoms with Gasteiger partial charge in [0.25, 0.3) is 0 Å². The monoisotopic (exact) mass is 248 g/mol. The molecule has 1 N–H and O–H groups in total. The molecule has 0 bridgehead atoms. The molecule has 0 radical (unpaired) electrons. The third kappa shape index (κ3) is 4.21. The van der Waals surface area contributed by atoms with Crippen LogP contribution in [0, 0.1) is 0 Å². The van der Waals surface area contributed by atoms with Crippen LogP contribution in [0.3, 0.4) is 0 Å². The minimum Gasteiger partial charge on any atom is -0.478 e. The molecule has 5 heteroatoms. The fraction of sp³-hybridized carbons (Fsp3) is 0.154. The van der Waals surface area contributed by atoms with Crippen LogP contribution in [0.5, 0.6) is 5.75 Å². The molecule has 0 saturated heterocycles. The van der Waals surface area contributed by atoms with E-state index in [0.717, 1.165) is 0 Å². The van der Waals surface area contributed by atoms with Crippen molar-refractivity contribution < 1.29 is 24.2 Å². The van der Waals surface area contributed by atoms with Gasteiger partial charge < -0.3 is 9.84 Å². The van der Waals surface area contributed by atoms with Gasteiger partial charge in [-0.15, -0.1) is 0 Å². The molecule has 0 amide bonds. The summed E-state index contributed by atoms with van der Waals surface area (Å²) in [6.07, 6.45) is 0.599. The van der Waals surface area contributed by atoms with Gasteiger partial charge in [0.2, 0.25) is 0 Å². The molecule has 1 aromatic rings. The molecule has 0 atom stereocenters. The first-order valence-electron chi connectivity index (χ1n) is 5.20. The van der Waals surface area contributed by atoms with Crippen LogP contribution in [-0.2, 0) is 9.59 Å². The van der Waals surface area contributed by atoms with Crippen molar-refractivity contribution >= 4 is 18.2 Å². The summed E-state index contributed by atoms with van der Waals surface area (Å²) in [4.78, 5) is 32.4. The minimum atomic E-state index is -1.13. The number of aldehydes is 1. The summed E-state index contributed by atoms with van der Waals surface area (Å²) in [5.41, 5.74) is 0.351. The predicted octanol–water partition coefficient (Wildman–Crippen LogP) is 1.83. The number of benzene rings is 1. The molecule has 1 aromatic carbocycles. The first kappa shape index (κ1) is 13.6. The molecule has 1 rings (SSSR count). The predicted molar refractivity (Wildman–Crippen MR) is 63.5 cm³/mol. The Balaban J connectivity index is 2.51. The largest absolute Gasteiger partial charge is 0.478 e. The molecule has 0 aliphatic heterocycles. The zero-order valence-electron chi connectivity index (χ0n) is 9.59. The van der Waals surface area contributed by atoms with Crippen LogP contribution >= 0.6 is 0 Å². The van der Waals surface area contributed by atoms with Crippen LogP contribution in [-0.4, -0.2) is 23.3 Å². The Bertz CT molecular complexity index is 490. The number of esters is 1. The van der Waals surface area contributed by atoms with Crippen molar-refractivity contribution in [1.29, 1.82) is 0 Å². The number of carbonyl (C=O) groups excluding carboxylic acids is 2. The van der Waals surface area contributed by atoms with Crippen molar-refractivity contribution in [3.05, 3.63) is 42.0 Å². The number of rotatable bonds is 6. The molecule has 0 aliphatic rings. The van der Waals surface area contributed by atoms with E-state index in [1.54, 1.807) is 12.1 Å². The van der Waals surface area contributed by atoms with E-state index in [2.05, 4.69) is 6.58 Å². The van der Waals surface area contributed by atoms with Gasteiger partial charge in [-0.2, -0.15) is 0 Å². The second kappa shape index (κ2) is 6.34. The third-order valence-corrected chi connectivity index (χ3v) is 2.16. The standard InChI is InChI=1S/C13H12O5/c1-9(13(16)17)5-6-12(15)18-11-4-2-3-10(7-11)8-14/h2-4,7-8H,1,5-6H2,(H,16,17). The summed E-state index contributed by atoms with van der Waals surface area (Å²) >= 11 is 0. The molecule has 94 valence electrons. The number of hydrogen-bond acceptors (Lipinski definition) is 4. The maximum absolute atomic E-state index is 11.4. The third-order valence-electron chi connectivity index (χ3n) is 2.16. The number of carboxylic acid groups (broad SMARTS) is 1. The van der Waals surface area contributed by atoms with E-state index in [1.807, 2.05) is 0 Å². The first-order valence-corrected chi connectivity index (χ1v) is 5.20. The van der Waals surface area contributed by atoms with E-state index in [4.69, 9.17) is 9.84 Å². The zero-order valence-corrected chi connectivity index (χ0v) is 9.59. The lowest BCUT2D eigenvalue weighted by Gasteiger charge is -2.04. The fourth-order valence-corrected chi connectivity index (χ4v) is 1.19. The highest BCUT2D eigenvalue weighted by Gasteiger charge is 2.09. The van der Waals surface area contributed by atoms with Gasteiger partial charge in [0.05, 0.1) is 6.42 Å². The SMILES string of the molecule is C=C(CCC(=O)Oc1cccc(C=O)c1)C(=O)O. The topological polar surface area (TPSA) is 80.7 Å². The fourth-order valence-electron chi connectivity index (χ4n) is 1.19. The van der Waals surface area contributed by atoms with Gasteiger partial charge in [0.15, 0.2) is 0 Å². The number of aliphatic carboxylic acids is 1. The van der Waals surface area contributed by atoms with E-state index in [9.17, 15) is 14.4 Å². The molecule has 5 nitrogen and oxygen atoms in total. The average molecular weight is 248 g/mol. The maximum Gasteiger partial charge on any atom is 0.330 e. The lowest BCUT2D eigenvalue weighted by molar-refractivity contribution is -0.134. The minimum absolute atomic E-state index is 0.0293. The molecular formula is C13H12O5. The van der Waals surface area contributed by atoms with Crippen molar-refractivity contribution in [3.63, 3.8) is 0 Å². The molecule has 0 saturated carbocycles. The Labute approximate surface area is 104 Å². The van der Waals surface area contributed by atoms with Crippen molar-refractivity contribution in [3.8, 4) is 5.75 Å². The molecule has 0 unspecified atom stereocenters. The molecule has 0 heterocycles. The van der Waals surface area contributed by atoms with E-state index < -0.39 is 11.9 Å². The second-order valence-electron chi connectivity index (χ2n) is 3.57.